The van der Waals surface area contributed by atoms with Gasteiger partial charge in [0.25, 0.3) is 0 Å². The molecule has 1 aliphatic carbocycles. The maximum Gasteiger partial charge on any atom is 0.123 e. The topological polar surface area (TPSA) is 9.23 Å². The third-order valence-corrected chi connectivity index (χ3v) is 3.43. The van der Waals surface area contributed by atoms with Gasteiger partial charge >= 0.3 is 0 Å². The average molecular weight is 364 g/mol. The minimum atomic E-state index is -0.229. The molecule has 1 aromatic carbocycles. The minimum absolute atomic E-state index is 0.229. The van der Waals surface area contributed by atoms with Crippen molar-refractivity contribution >= 4 is 31.9 Å². The Morgan fingerprint density at radius 2 is 1.94 bits per heavy atom. The van der Waals surface area contributed by atoms with E-state index in [2.05, 4.69) is 37.9 Å². The average Bonchev–Trinajstić information content (AvgIpc) is 2.68. The van der Waals surface area contributed by atoms with Crippen LogP contribution in [0.3, 0.4) is 0 Å². The highest BCUT2D eigenvalue weighted by molar-refractivity contribution is 9.28. The molecular weight excluding hydrogens is 351 g/mol. The highest BCUT2D eigenvalue weighted by Crippen LogP contribution is 2.32. The molecule has 0 aliphatic heterocycles. The number of ether oxygens (including phenoxy) is 1. The molecule has 2 rings (SSSR count). The van der Waals surface area contributed by atoms with E-state index in [4.69, 9.17) is 4.74 Å². The zero-order valence-electron chi connectivity index (χ0n) is 9.20. The van der Waals surface area contributed by atoms with E-state index in [1.54, 1.807) is 12.1 Å². The Labute approximate surface area is 117 Å². The van der Waals surface area contributed by atoms with Crippen LogP contribution in [0.2, 0.25) is 0 Å². The number of rotatable bonds is 3. The fourth-order valence-electron chi connectivity index (χ4n) is 2.12. The third-order valence-electron chi connectivity index (χ3n) is 2.90. The summed E-state index contributed by atoms with van der Waals surface area (Å²) in [7, 11) is 0. The van der Waals surface area contributed by atoms with Gasteiger partial charge in [0.05, 0.1) is 9.50 Å². The molecule has 0 heterocycles. The molecule has 0 bridgehead atoms. The molecule has 0 N–H and O–H groups in total. The van der Waals surface area contributed by atoms with Crippen LogP contribution >= 0.6 is 31.9 Å². The van der Waals surface area contributed by atoms with E-state index in [9.17, 15) is 4.39 Å². The lowest BCUT2D eigenvalue weighted by Crippen LogP contribution is -2.11. The molecule has 0 saturated heterocycles. The summed E-state index contributed by atoms with van der Waals surface area (Å²) in [5, 5.41) is 0. The Kier molecular flexibility index (Phi) is 4.62. The second kappa shape index (κ2) is 6.01. The van der Waals surface area contributed by atoms with Crippen LogP contribution in [0.1, 0.15) is 19.3 Å². The lowest BCUT2D eigenvalue weighted by molar-refractivity contribution is 0.206. The van der Waals surface area contributed by atoms with Crippen molar-refractivity contribution in [2.45, 2.75) is 25.4 Å². The number of hydrogen-bond donors (Lipinski definition) is 0. The molecule has 2 atom stereocenters. The Hall–Kier alpha value is -0.350. The van der Waals surface area contributed by atoms with Gasteiger partial charge in [-0.25, -0.2) is 4.39 Å². The molecule has 17 heavy (non-hydrogen) atoms. The zero-order valence-corrected chi connectivity index (χ0v) is 12.4. The predicted octanol–water partition coefficient (Wildman–Crippen LogP) is 5.00. The quantitative estimate of drug-likeness (QED) is 0.733. The summed E-state index contributed by atoms with van der Waals surface area (Å²) in [6, 6.07) is 6.21. The maximum absolute atomic E-state index is 12.7. The SMILES string of the molecule is Fc1ccc(O[C@H]2CC[C@@H](C=C(Br)Br)C2)cc1. The van der Waals surface area contributed by atoms with Gasteiger partial charge in [-0.15, -0.1) is 0 Å². The molecule has 0 aromatic heterocycles. The van der Waals surface area contributed by atoms with E-state index in [0.29, 0.717) is 5.92 Å². The molecular formula is C13H13Br2FO. The van der Waals surface area contributed by atoms with Gasteiger partial charge in [-0.1, -0.05) is 6.08 Å². The largest absolute Gasteiger partial charge is 0.490 e. The van der Waals surface area contributed by atoms with E-state index in [0.717, 1.165) is 28.4 Å². The van der Waals surface area contributed by atoms with Crippen LogP contribution in [-0.4, -0.2) is 6.10 Å². The van der Waals surface area contributed by atoms with Crippen LogP contribution in [-0.2, 0) is 0 Å². The minimum Gasteiger partial charge on any atom is -0.490 e. The van der Waals surface area contributed by atoms with Crippen molar-refractivity contribution in [3.05, 3.63) is 39.6 Å². The van der Waals surface area contributed by atoms with Gasteiger partial charge < -0.3 is 4.74 Å². The van der Waals surface area contributed by atoms with Gasteiger partial charge in [-0.2, -0.15) is 0 Å². The molecule has 92 valence electrons. The molecule has 0 spiro atoms. The molecule has 1 saturated carbocycles. The van der Waals surface area contributed by atoms with Gasteiger partial charge in [0.2, 0.25) is 0 Å². The highest BCUT2D eigenvalue weighted by Gasteiger charge is 2.24. The summed E-state index contributed by atoms with van der Waals surface area (Å²) < 4.78 is 19.5. The Morgan fingerprint density at radius 3 is 2.59 bits per heavy atom. The summed E-state index contributed by atoms with van der Waals surface area (Å²) in [6.45, 7) is 0. The number of halogens is 3. The normalized spacial score (nSPS) is 23.5. The van der Waals surface area contributed by atoms with Crippen molar-refractivity contribution < 1.29 is 9.13 Å². The van der Waals surface area contributed by atoms with Gasteiger partial charge in [0, 0.05) is 0 Å². The van der Waals surface area contributed by atoms with Crippen LogP contribution < -0.4 is 4.74 Å². The van der Waals surface area contributed by atoms with E-state index < -0.39 is 0 Å². The van der Waals surface area contributed by atoms with Crippen molar-refractivity contribution in [3.8, 4) is 5.75 Å². The number of hydrogen-bond acceptors (Lipinski definition) is 1. The van der Waals surface area contributed by atoms with Crippen LogP contribution in [0, 0.1) is 11.7 Å². The van der Waals surface area contributed by atoms with Crippen LogP contribution in [0.5, 0.6) is 5.75 Å². The van der Waals surface area contributed by atoms with Crippen molar-refractivity contribution in [1.82, 2.24) is 0 Å². The lowest BCUT2D eigenvalue weighted by Gasteiger charge is -2.13. The van der Waals surface area contributed by atoms with Crippen LogP contribution in [0.15, 0.2) is 33.7 Å². The molecule has 1 aromatic rings. The van der Waals surface area contributed by atoms with Crippen molar-refractivity contribution in [1.29, 1.82) is 0 Å². The number of allylic oxidation sites excluding steroid dienone is 1. The molecule has 0 radical (unpaired) electrons. The zero-order chi connectivity index (χ0) is 12.3. The standard InChI is InChI=1S/C13H13Br2FO/c14-13(15)8-9-1-4-12(7-9)17-11-5-2-10(16)3-6-11/h2-3,5-6,8-9,12H,1,4,7H2/t9-,12+/m1/s1. The summed E-state index contributed by atoms with van der Waals surface area (Å²) in [5.74, 6) is 1.07. The molecule has 1 aliphatic rings. The summed E-state index contributed by atoms with van der Waals surface area (Å²) >= 11 is 6.75. The van der Waals surface area contributed by atoms with Crippen LogP contribution in [0.4, 0.5) is 4.39 Å². The van der Waals surface area contributed by atoms with Crippen molar-refractivity contribution in [3.63, 3.8) is 0 Å². The third kappa shape index (κ3) is 4.11. The molecule has 0 amide bonds. The second-order valence-corrected chi connectivity index (χ2v) is 7.00. The summed E-state index contributed by atoms with van der Waals surface area (Å²) in [6.07, 6.45) is 5.59. The maximum atomic E-state index is 12.7. The smallest absolute Gasteiger partial charge is 0.123 e. The highest BCUT2D eigenvalue weighted by atomic mass is 79.9. The molecule has 0 unspecified atom stereocenters. The Morgan fingerprint density at radius 1 is 1.24 bits per heavy atom. The van der Waals surface area contributed by atoms with E-state index in [-0.39, 0.29) is 11.9 Å². The van der Waals surface area contributed by atoms with Crippen LogP contribution in [0.25, 0.3) is 0 Å². The monoisotopic (exact) mass is 362 g/mol. The second-order valence-electron chi connectivity index (χ2n) is 4.22. The summed E-state index contributed by atoms with van der Waals surface area (Å²) in [5.41, 5.74) is 0. The van der Waals surface area contributed by atoms with Gasteiger partial charge in [-0.3, -0.25) is 0 Å². The van der Waals surface area contributed by atoms with Crippen molar-refractivity contribution in [2.75, 3.05) is 0 Å². The predicted molar refractivity (Wildman–Crippen MR) is 74.1 cm³/mol. The fourth-order valence-corrected chi connectivity index (χ4v) is 2.86. The summed E-state index contributed by atoms with van der Waals surface area (Å²) in [4.78, 5) is 0. The van der Waals surface area contributed by atoms with E-state index >= 15 is 0 Å². The first-order chi connectivity index (χ1) is 8.13. The van der Waals surface area contributed by atoms with Gasteiger partial charge in [-0.05, 0) is 81.3 Å². The molecule has 4 heteroatoms. The first-order valence-corrected chi connectivity index (χ1v) is 7.17. The van der Waals surface area contributed by atoms with E-state index in [1.165, 1.54) is 12.1 Å². The first kappa shape index (κ1) is 13.1. The number of benzene rings is 1. The Balaban J connectivity index is 1.89. The molecule has 1 nitrogen and oxygen atoms in total. The van der Waals surface area contributed by atoms with E-state index in [1.807, 2.05) is 0 Å². The van der Waals surface area contributed by atoms with Crippen molar-refractivity contribution in [2.24, 2.45) is 5.92 Å². The van der Waals surface area contributed by atoms with Gasteiger partial charge in [0.1, 0.15) is 11.6 Å². The Bertz CT molecular complexity index is 398. The molecule has 1 fully saturated rings. The first-order valence-electron chi connectivity index (χ1n) is 5.58. The lowest BCUT2D eigenvalue weighted by atomic mass is 10.1. The fraction of sp³-hybridized carbons (Fsp3) is 0.385. The van der Waals surface area contributed by atoms with Gasteiger partial charge in [0.15, 0.2) is 0 Å².